The molecule has 0 saturated heterocycles. The minimum Gasteiger partial charge on any atom is -0.479 e. The molecule has 0 aliphatic heterocycles. The van der Waals surface area contributed by atoms with E-state index in [-0.39, 0.29) is 12.5 Å². The van der Waals surface area contributed by atoms with E-state index in [1.54, 1.807) is 13.8 Å². The van der Waals surface area contributed by atoms with Gasteiger partial charge >= 0.3 is 5.97 Å². The second kappa shape index (κ2) is 6.05. The van der Waals surface area contributed by atoms with Gasteiger partial charge in [-0.25, -0.2) is 13.2 Å². The van der Waals surface area contributed by atoms with Gasteiger partial charge < -0.3 is 15.2 Å². The molecule has 0 radical (unpaired) electrons. The topological polar surface area (TPSA) is 110 Å². The fourth-order valence-corrected chi connectivity index (χ4v) is 3.55. The molecule has 2 N–H and O–H groups in total. The lowest BCUT2D eigenvalue weighted by Crippen LogP contribution is -2.76. The van der Waals surface area contributed by atoms with Crippen molar-refractivity contribution in [1.29, 1.82) is 0 Å². The molecular formula is C15H27NO6S. The number of sulfone groups is 1. The number of hydrogen-bond acceptors (Lipinski definition) is 5. The van der Waals surface area contributed by atoms with Crippen molar-refractivity contribution in [2.24, 2.45) is 5.41 Å². The number of carboxylic acid groups (broad SMARTS) is 1. The summed E-state index contributed by atoms with van der Waals surface area (Å²) in [6.07, 6.45) is -0.187. The van der Waals surface area contributed by atoms with Crippen LogP contribution in [0, 0.1) is 5.41 Å². The summed E-state index contributed by atoms with van der Waals surface area (Å²) in [5, 5.41) is 12.0. The number of hydrogen-bond donors (Lipinski definition) is 2. The van der Waals surface area contributed by atoms with Crippen LogP contribution in [-0.2, 0) is 24.2 Å². The summed E-state index contributed by atoms with van der Waals surface area (Å²) in [6.45, 7) is 10.2. The first-order valence-corrected chi connectivity index (χ1v) is 9.25. The molecule has 1 aliphatic rings. The van der Waals surface area contributed by atoms with Gasteiger partial charge in [-0.05, 0) is 27.7 Å². The van der Waals surface area contributed by atoms with E-state index in [1.807, 2.05) is 6.92 Å². The Morgan fingerprint density at radius 2 is 1.83 bits per heavy atom. The molecule has 1 aliphatic carbocycles. The number of carbonyl (C=O) groups is 2. The van der Waals surface area contributed by atoms with Crippen LogP contribution in [0.4, 0.5) is 0 Å². The quantitative estimate of drug-likeness (QED) is 0.739. The standard InChI is InChI=1S/C15H27NO6S/c1-7-22-10-8-15(12(18)19,14(10,5)6)16-11(17)9-23(20,21)13(2,3)4/h10H,7-9H2,1-6H3,(H,16,17)(H,18,19). The third-order valence-electron chi connectivity index (χ3n) is 4.74. The molecule has 8 heteroatoms. The van der Waals surface area contributed by atoms with E-state index >= 15 is 0 Å². The predicted molar refractivity (Wildman–Crippen MR) is 85.9 cm³/mol. The van der Waals surface area contributed by atoms with Crippen LogP contribution >= 0.6 is 0 Å². The SMILES string of the molecule is CCOC1CC(NC(=O)CS(=O)(=O)C(C)(C)C)(C(=O)O)C1(C)C. The molecule has 1 amide bonds. The summed E-state index contributed by atoms with van der Waals surface area (Å²) in [5.74, 6) is -2.72. The first-order chi connectivity index (χ1) is 10.2. The first-order valence-electron chi connectivity index (χ1n) is 7.59. The van der Waals surface area contributed by atoms with Gasteiger partial charge in [0, 0.05) is 18.4 Å². The molecule has 1 saturated carbocycles. The van der Waals surface area contributed by atoms with Gasteiger partial charge in [0.15, 0.2) is 9.84 Å². The zero-order valence-corrected chi connectivity index (χ0v) is 15.4. The molecule has 0 aromatic rings. The average Bonchev–Trinajstić information content (AvgIpc) is 2.34. The molecule has 1 fully saturated rings. The smallest absolute Gasteiger partial charge is 0.330 e. The predicted octanol–water partition coefficient (Wildman–Crippen LogP) is 0.974. The Labute approximate surface area is 137 Å². The molecule has 23 heavy (non-hydrogen) atoms. The highest BCUT2D eigenvalue weighted by molar-refractivity contribution is 7.93. The van der Waals surface area contributed by atoms with Gasteiger partial charge in [0.1, 0.15) is 11.3 Å². The Hall–Kier alpha value is -1.15. The lowest BCUT2D eigenvalue weighted by molar-refractivity contribution is -0.194. The largest absolute Gasteiger partial charge is 0.479 e. The van der Waals surface area contributed by atoms with Gasteiger partial charge in [-0.2, -0.15) is 0 Å². The van der Waals surface area contributed by atoms with E-state index in [0.29, 0.717) is 6.61 Å². The molecule has 2 atom stereocenters. The number of amides is 1. The fourth-order valence-electron chi connectivity index (χ4n) is 2.70. The van der Waals surface area contributed by atoms with Gasteiger partial charge in [-0.3, -0.25) is 4.79 Å². The second-order valence-electron chi connectivity index (χ2n) is 7.50. The van der Waals surface area contributed by atoms with Gasteiger partial charge in [-0.15, -0.1) is 0 Å². The van der Waals surface area contributed by atoms with Crippen LogP contribution in [0.15, 0.2) is 0 Å². The summed E-state index contributed by atoms with van der Waals surface area (Å²) in [7, 11) is -3.68. The minimum absolute atomic E-state index is 0.116. The summed E-state index contributed by atoms with van der Waals surface area (Å²) >= 11 is 0. The van der Waals surface area contributed by atoms with Crippen LogP contribution < -0.4 is 5.32 Å². The first kappa shape index (κ1) is 19.9. The van der Waals surface area contributed by atoms with Crippen molar-refractivity contribution in [1.82, 2.24) is 5.32 Å². The van der Waals surface area contributed by atoms with Crippen molar-refractivity contribution in [3.8, 4) is 0 Å². The monoisotopic (exact) mass is 349 g/mol. The van der Waals surface area contributed by atoms with Crippen molar-refractivity contribution in [2.45, 2.75) is 64.4 Å². The Balaban J connectivity index is 2.96. The fraction of sp³-hybridized carbons (Fsp3) is 0.867. The van der Waals surface area contributed by atoms with Gasteiger partial charge in [-0.1, -0.05) is 13.8 Å². The number of aliphatic carboxylic acids is 1. The van der Waals surface area contributed by atoms with Gasteiger partial charge in [0.2, 0.25) is 5.91 Å². The van der Waals surface area contributed by atoms with Crippen LogP contribution in [0.25, 0.3) is 0 Å². The zero-order valence-electron chi connectivity index (χ0n) is 14.6. The normalized spacial score (nSPS) is 27.1. The number of carbonyl (C=O) groups excluding carboxylic acids is 1. The number of ether oxygens (including phenoxy) is 1. The molecule has 0 bridgehead atoms. The Morgan fingerprint density at radius 3 is 2.17 bits per heavy atom. The van der Waals surface area contributed by atoms with E-state index in [2.05, 4.69) is 5.32 Å². The van der Waals surface area contributed by atoms with Gasteiger partial charge in [0.05, 0.1) is 10.9 Å². The number of nitrogens with one attached hydrogen (secondary N) is 1. The van der Waals surface area contributed by atoms with E-state index in [0.717, 1.165) is 0 Å². The highest BCUT2D eigenvalue weighted by atomic mass is 32.2. The van der Waals surface area contributed by atoms with E-state index in [4.69, 9.17) is 4.74 Å². The molecule has 0 heterocycles. The van der Waals surface area contributed by atoms with E-state index in [9.17, 15) is 23.1 Å². The maximum atomic E-state index is 12.2. The number of carboxylic acids is 1. The minimum atomic E-state index is -3.68. The zero-order chi connectivity index (χ0) is 18.3. The van der Waals surface area contributed by atoms with Crippen molar-refractivity contribution in [2.75, 3.05) is 12.4 Å². The molecule has 0 aromatic heterocycles. The molecule has 1 rings (SSSR count). The summed E-state index contributed by atoms with van der Waals surface area (Å²) in [5.41, 5.74) is -2.35. The van der Waals surface area contributed by atoms with E-state index < -0.39 is 43.2 Å². The lowest BCUT2D eigenvalue weighted by atomic mass is 9.54. The van der Waals surface area contributed by atoms with Crippen LogP contribution in [0.3, 0.4) is 0 Å². The molecule has 7 nitrogen and oxygen atoms in total. The van der Waals surface area contributed by atoms with E-state index in [1.165, 1.54) is 20.8 Å². The Morgan fingerprint density at radius 1 is 1.30 bits per heavy atom. The van der Waals surface area contributed by atoms with Crippen LogP contribution in [0.5, 0.6) is 0 Å². The summed E-state index contributed by atoms with van der Waals surface area (Å²) in [6, 6.07) is 0. The number of rotatable bonds is 6. The van der Waals surface area contributed by atoms with Crippen molar-refractivity contribution in [3.05, 3.63) is 0 Å². The summed E-state index contributed by atoms with van der Waals surface area (Å²) in [4.78, 5) is 23.9. The third-order valence-corrected chi connectivity index (χ3v) is 7.24. The maximum absolute atomic E-state index is 12.2. The van der Waals surface area contributed by atoms with Crippen LogP contribution in [0.1, 0.15) is 48.0 Å². The third kappa shape index (κ3) is 3.38. The molecular weight excluding hydrogens is 322 g/mol. The average molecular weight is 349 g/mol. The lowest BCUT2D eigenvalue weighted by Gasteiger charge is -2.58. The highest BCUT2D eigenvalue weighted by Gasteiger charge is 2.66. The Kier molecular flexibility index (Phi) is 5.23. The molecule has 0 spiro atoms. The van der Waals surface area contributed by atoms with Crippen molar-refractivity contribution < 1.29 is 27.9 Å². The van der Waals surface area contributed by atoms with Crippen molar-refractivity contribution >= 4 is 21.7 Å². The molecule has 0 aromatic carbocycles. The van der Waals surface area contributed by atoms with Gasteiger partial charge in [0.25, 0.3) is 0 Å². The maximum Gasteiger partial charge on any atom is 0.330 e. The highest BCUT2D eigenvalue weighted by Crippen LogP contribution is 2.51. The second-order valence-corrected chi connectivity index (χ2v) is 10.2. The van der Waals surface area contributed by atoms with Crippen LogP contribution in [-0.4, -0.2) is 54.2 Å². The molecule has 134 valence electrons. The molecule has 2 unspecified atom stereocenters. The van der Waals surface area contributed by atoms with Crippen LogP contribution in [0.2, 0.25) is 0 Å². The Bertz CT molecular complexity index is 590. The summed E-state index contributed by atoms with van der Waals surface area (Å²) < 4.78 is 28.7. The van der Waals surface area contributed by atoms with Crippen molar-refractivity contribution in [3.63, 3.8) is 0 Å².